The van der Waals surface area contributed by atoms with Crippen LogP contribution in [0.15, 0.2) is 54.9 Å². The largest absolute Gasteiger partial charge is 0.436 e. The van der Waals surface area contributed by atoms with Crippen LogP contribution >= 0.6 is 0 Å². The normalized spacial score (nSPS) is 10.7. The van der Waals surface area contributed by atoms with Gasteiger partial charge in [0.1, 0.15) is 5.52 Å². The molecule has 2 heterocycles. The minimum atomic E-state index is 0.565. The first-order valence-corrected chi connectivity index (χ1v) is 6.54. The molecule has 3 rings (SSSR count). The van der Waals surface area contributed by atoms with Crippen LogP contribution in [0.2, 0.25) is 0 Å². The highest BCUT2D eigenvalue weighted by Crippen LogP contribution is 2.28. The summed E-state index contributed by atoms with van der Waals surface area (Å²) in [5.74, 6) is 1.30. The summed E-state index contributed by atoms with van der Waals surface area (Å²) in [7, 11) is 0. The molecule has 4 nitrogen and oxygen atoms in total. The van der Waals surface area contributed by atoms with Crippen molar-refractivity contribution in [3.05, 3.63) is 60.4 Å². The van der Waals surface area contributed by atoms with E-state index in [1.165, 1.54) is 0 Å². The van der Waals surface area contributed by atoms with Crippen molar-refractivity contribution in [3.8, 4) is 11.6 Å². The average Bonchev–Trinajstić information content (AvgIpc) is 2.50. The Hall–Kier alpha value is -2.46. The third-order valence-electron chi connectivity index (χ3n) is 3.07. The number of para-hydroxylation sites is 1. The highest BCUT2D eigenvalue weighted by Gasteiger charge is 2.08. The van der Waals surface area contributed by atoms with Crippen LogP contribution in [-0.2, 0) is 6.42 Å². The zero-order valence-electron chi connectivity index (χ0n) is 11.0. The summed E-state index contributed by atoms with van der Waals surface area (Å²) < 4.78 is 5.95. The van der Waals surface area contributed by atoms with Crippen molar-refractivity contribution in [1.29, 1.82) is 0 Å². The van der Waals surface area contributed by atoms with E-state index in [2.05, 4.69) is 9.97 Å². The number of ether oxygens (including phenoxy) is 1. The maximum atomic E-state index is 5.95. The molecule has 0 atom stereocenters. The molecule has 2 N–H and O–H groups in total. The predicted molar refractivity (Wildman–Crippen MR) is 78.8 cm³/mol. The van der Waals surface area contributed by atoms with E-state index < -0.39 is 0 Å². The lowest BCUT2D eigenvalue weighted by molar-refractivity contribution is 0.460. The van der Waals surface area contributed by atoms with Gasteiger partial charge in [-0.1, -0.05) is 24.3 Å². The number of nitrogens with zero attached hydrogens (tertiary/aromatic N) is 2. The number of hydrogen-bond acceptors (Lipinski definition) is 4. The molecule has 4 heteroatoms. The zero-order valence-corrected chi connectivity index (χ0v) is 11.0. The summed E-state index contributed by atoms with van der Waals surface area (Å²) in [4.78, 5) is 8.67. The molecule has 2 aromatic heterocycles. The fraction of sp³-hybridized carbons (Fsp3) is 0.125. The van der Waals surface area contributed by atoms with Crippen LogP contribution in [0.5, 0.6) is 11.6 Å². The van der Waals surface area contributed by atoms with Crippen molar-refractivity contribution in [3.63, 3.8) is 0 Å². The van der Waals surface area contributed by atoms with Crippen LogP contribution in [0.3, 0.4) is 0 Å². The molecular formula is C16H15N3O. The average molecular weight is 265 g/mol. The monoisotopic (exact) mass is 265 g/mol. The number of nitrogens with two attached hydrogens (primary N) is 1. The first kappa shape index (κ1) is 12.6. The Kier molecular flexibility index (Phi) is 3.56. The second kappa shape index (κ2) is 5.67. The Morgan fingerprint density at radius 1 is 0.950 bits per heavy atom. The van der Waals surface area contributed by atoms with E-state index in [1.54, 1.807) is 12.4 Å². The van der Waals surface area contributed by atoms with Crippen LogP contribution in [-0.4, -0.2) is 16.5 Å². The molecule has 0 saturated carbocycles. The molecule has 0 aliphatic carbocycles. The molecule has 100 valence electrons. The second-order valence-electron chi connectivity index (χ2n) is 4.44. The number of rotatable bonds is 4. The highest BCUT2D eigenvalue weighted by atomic mass is 16.5. The molecule has 0 radical (unpaired) electrons. The Morgan fingerprint density at radius 2 is 1.75 bits per heavy atom. The summed E-state index contributed by atoms with van der Waals surface area (Å²) in [5.41, 5.74) is 7.45. The van der Waals surface area contributed by atoms with E-state index in [0.717, 1.165) is 22.9 Å². The molecule has 0 amide bonds. The number of pyridine rings is 2. The molecule has 3 aromatic rings. The van der Waals surface area contributed by atoms with E-state index in [9.17, 15) is 0 Å². The summed E-state index contributed by atoms with van der Waals surface area (Å²) in [6, 6.07) is 13.6. The third-order valence-corrected chi connectivity index (χ3v) is 3.07. The lowest BCUT2D eigenvalue weighted by Gasteiger charge is -2.10. The minimum absolute atomic E-state index is 0.565. The number of fused-ring (bicyclic) bond motifs is 1. The fourth-order valence-corrected chi connectivity index (χ4v) is 2.12. The van der Waals surface area contributed by atoms with Gasteiger partial charge in [-0.2, -0.15) is 0 Å². The Bertz CT molecular complexity index is 722. The van der Waals surface area contributed by atoms with Crippen LogP contribution in [0.1, 0.15) is 5.56 Å². The first-order chi connectivity index (χ1) is 9.88. The second-order valence-corrected chi connectivity index (χ2v) is 4.44. The van der Waals surface area contributed by atoms with Crippen LogP contribution in [0.25, 0.3) is 10.9 Å². The topological polar surface area (TPSA) is 61.0 Å². The van der Waals surface area contributed by atoms with Crippen molar-refractivity contribution in [2.24, 2.45) is 5.73 Å². The number of hydrogen-bond donors (Lipinski definition) is 1. The van der Waals surface area contributed by atoms with E-state index >= 15 is 0 Å². The first-order valence-electron chi connectivity index (χ1n) is 6.54. The van der Waals surface area contributed by atoms with Crippen molar-refractivity contribution in [2.75, 3.05) is 6.54 Å². The maximum Gasteiger partial charge on any atom is 0.222 e. The smallest absolute Gasteiger partial charge is 0.222 e. The third kappa shape index (κ3) is 2.46. The summed E-state index contributed by atoms with van der Waals surface area (Å²) in [6.07, 6.45) is 4.21. The lowest BCUT2D eigenvalue weighted by Crippen LogP contribution is -2.04. The van der Waals surface area contributed by atoms with Gasteiger partial charge in [0.15, 0.2) is 5.75 Å². The molecule has 0 bridgehead atoms. The maximum absolute atomic E-state index is 5.95. The minimum Gasteiger partial charge on any atom is -0.436 e. The Labute approximate surface area is 117 Å². The van der Waals surface area contributed by atoms with Crippen LogP contribution < -0.4 is 10.5 Å². The summed E-state index contributed by atoms with van der Waals surface area (Å²) >= 11 is 0. The molecule has 0 saturated heterocycles. The zero-order chi connectivity index (χ0) is 13.8. The lowest BCUT2D eigenvalue weighted by atomic mass is 10.2. The van der Waals surface area contributed by atoms with E-state index in [-0.39, 0.29) is 0 Å². The quantitative estimate of drug-likeness (QED) is 0.788. The van der Waals surface area contributed by atoms with Crippen molar-refractivity contribution >= 4 is 10.9 Å². The van der Waals surface area contributed by atoms with Crippen molar-refractivity contribution < 1.29 is 4.74 Å². The van der Waals surface area contributed by atoms with E-state index in [4.69, 9.17) is 10.5 Å². The van der Waals surface area contributed by atoms with E-state index in [1.807, 2.05) is 42.5 Å². The number of benzene rings is 1. The van der Waals surface area contributed by atoms with Gasteiger partial charge in [-0.25, -0.2) is 4.98 Å². The van der Waals surface area contributed by atoms with Gasteiger partial charge < -0.3 is 10.5 Å². The molecule has 1 aromatic carbocycles. The van der Waals surface area contributed by atoms with Gasteiger partial charge in [0, 0.05) is 23.3 Å². The molecule has 0 spiro atoms. The Morgan fingerprint density at radius 3 is 2.65 bits per heavy atom. The van der Waals surface area contributed by atoms with Crippen LogP contribution in [0, 0.1) is 0 Å². The van der Waals surface area contributed by atoms with E-state index in [0.29, 0.717) is 18.2 Å². The predicted octanol–water partition coefficient (Wildman–Crippen LogP) is 2.92. The molecule has 0 aliphatic heterocycles. The SMILES string of the molecule is NCCc1cccnc1Oc1cccc2cccnc12. The van der Waals surface area contributed by atoms with Gasteiger partial charge in [0.2, 0.25) is 5.88 Å². The molecule has 0 aliphatic rings. The van der Waals surface area contributed by atoms with Crippen molar-refractivity contribution in [2.45, 2.75) is 6.42 Å². The standard InChI is InChI=1S/C16H15N3O/c17-9-8-13-6-3-11-19-16(13)20-14-7-1-4-12-5-2-10-18-15(12)14/h1-7,10-11H,8-9,17H2. The molecular weight excluding hydrogens is 250 g/mol. The van der Waals surface area contributed by atoms with Gasteiger partial charge in [-0.3, -0.25) is 4.98 Å². The summed E-state index contributed by atoms with van der Waals surface area (Å²) in [6.45, 7) is 0.565. The highest BCUT2D eigenvalue weighted by molar-refractivity contribution is 5.84. The van der Waals surface area contributed by atoms with Gasteiger partial charge in [0.05, 0.1) is 0 Å². The Balaban J connectivity index is 2.01. The number of aromatic nitrogens is 2. The fourth-order valence-electron chi connectivity index (χ4n) is 2.12. The van der Waals surface area contributed by atoms with Crippen LogP contribution in [0.4, 0.5) is 0 Å². The van der Waals surface area contributed by atoms with Gasteiger partial charge in [-0.15, -0.1) is 0 Å². The van der Waals surface area contributed by atoms with Crippen molar-refractivity contribution in [1.82, 2.24) is 9.97 Å². The summed E-state index contributed by atoms with van der Waals surface area (Å²) in [5, 5.41) is 1.04. The molecule has 0 unspecified atom stereocenters. The molecule has 20 heavy (non-hydrogen) atoms. The van der Waals surface area contributed by atoms with Gasteiger partial charge in [-0.05, 0) is 31.2 Å². The van der Waals surface area contributed by atoms with Gasteiger partial charge >= 0.3 is 0 Å². The molecule has 0 fully saturated rings. The van der Waals surface area contributed by atoms with Gasteiger partial charge in [0.25, 0.3) is 0 Å².